The van der Waals surface area contributed by atoms with Gasteiger partial charge >= 0.3 is 0 Å². The molecule has 2 N–H and O–H groups in total. The molecule has 1 saturated heterocycles. The first-order valence-electron chi connectivity index (χ1n) is 9.35. The predicted octanol–water partition coefficient (Wildman–Crippen LogP) is 4.18. The fourth-order valence-electron chi connectivity index (χ4n) is 3.85. The SMILES string of the molecule is Cc1ccc(OCCN2CC[C@H](c3c(C(N)=O)sc4ccccc34)C2)cc1. The van der Waals surface area contributed by atoms with E-state index in [4.69, 9.17) is 10.5 Å². The van der Waals surface area contributed by atoms with Crippen LogP contribution in [-0.4, -0.2) is 37.0 Å². The highest BCUT2D eigenvalue weighted by Gasteiger charge is 2.29. The molecule has 1 aromatic heterocycles. The molecule has 0 radical (unpaired) electrons. The van der Waals surface area contributed by atoms with E-state index >= 15 is 0 Å². The Kier molecular flexibility index (Phi) is 5.14. The molecular weight excluding hydrogens is 356 g/mol. The van der Waals surface area contributed by atoms with Crippen molar-refractivity contribution in [3.63, 3.8) is 0 Å². The maximum atomic E-state index is 12.0. The summed E-state index contributed by atoms with van der Waals surface area (Å²) in [5.74, 6) is 0.951. The third-order valence-corrected chi connectivity index (χ3v) is 6.44. The number of amides is 1. The summed E-state index contributed by atoms with van der Waals surface area (Å²) in [4.78, 5) is 15.1. The lowest BCUT2D eigenvalue weighted by atomic mass is 9.95. The molecule has 4 nitrogen and oxygen atoms in total. The second-order valence-corrected chi connectivity index (χ2v) is 8.21. The predicted molar refractivity (Wildman–Crippen MR) is 111 cm³/mol. The molecule has 140 valence electrons. The van der Waals surface area contributed by atoms with E-state index in [0.717, 1.165) is 46.9 Å². The molecule has 1 amide bonds. The van der Waals surface area contributed by atoms with Gasteiger partial charge in [0.15, 0.2) is 0 Å². The Morgan fingerprint density at radius 2 is 2.00 bits per heavy atom. The zero-order valence-electron chi connectivity index (χ0n) is 15.5. The van der Waals surface area contributed by atoms with Crippen molar-refractivity contribution in [2.24, 2.45) is 5.73 Å². The molecule has 4 rings (SSSR count). The van der Waals surface area contributed by atoms with E-state index in [1.165, 1.54) is 22.3 Å². The molecule has 2 heterocycles. The molecule has 0 bridgehead atoms. The van der Waals surface area contributed by atoms with E-state index in [1.807, 2.05) is 24.3 Å². The number of aryl methyl sites for hydroxylation is 1. The molecule has 1 aliphatic heterocycles. The number of hydrogen-bond acceptors (Lipinski definition) is 4. The fourth-order valence-corrected chi connectivity index (χ4v) is 4.99. The van der Waals surface area contributed by atoms with Crippen molar-refractivity contribution in [1.29, 1.82) is 0 Å². The van der Waals surface area contributed by atoms with Crippen molar-refractivity contribution >= 4 is 27.3 Å². The van der Waals surface area contributed by atoms with E-state index in [-0.39, 0.29) is 5.91 Å². The highest BCUT2D eigenvalue weighted by molar-refractivity contribution is 7.21. The standard InChI is InChI=1S/C22H24N2O2S/c1-15-6-8-17(9-7-15)26-13-12-24-11-10-16(14-24)20-18-4-2-3-5-19(18)27-21(20)22(23)25/h2-9,16H,10-14H2,1H3,(H2,23,25)/t16-/m0/s1. The molecule has 27 heavy (non-hydrogen) atoms. The highest BCUT2D eigenvalue weighted by atomic mass is 32.1. The van der Waals surface area contributed by atoms with Gasteiger partial charge in [-0.25, -0.2) is 0 Å². The van der Waals surface area contributed by atoms with E-state index < -0.39 is 0 Å². The van der Waals surface area contributed by atoms with Crippen LogP contribution in [0.15, 0.2) is 48.5 Å². The second-order valence-electron chi connectivity index (χ2n) is 7.15. The molecule has 0 saturated carbocycles. The fraction of sp³-hybridized carbons (Fsp3) is 0.318. The van der Waals surface area contributed by atoms with Gasteiger partial charge in [-0.3, -0.25) is 9.69 Å². The van der Waals surface area contributed by atoms with Crippen molar-refractivity contribution in [2.45, 2.75) is 19.3 Å². The first-order chi connectivity index (χ1) is 13.1. The number of likely N-dealkylation sites (tertiary alicyclic amines) is 1. The highest BCUT2D eigenvalue weighted by Crippen LogP contribution is 2.39. The summed E-state index contributed by atoms with van der Waals surface area (Å²) in [7, 11) is 0. The van der Waals surface area contributed by atoms with Gasteiger partial charge in [-0.15, -0.1) is 11.3 Å². The van der Waals surface area contributed by atoms with Gasteiger partial charge in [0.1, 0.15) is 12.4 Å². The third-order valence-electron chi connectivity index (χ3n) is 5.24. The summed E-state index contributed by atoms with van der Waals surface area (Å²) in [6, 6.07) is 16.4. The van der Waals surface area contributed by atoms with Crippen LogP contribution >= 0.6 is 11.3 Å². The van der Waals surface area contributed by atoms with Gasteiger partial charge < -0.3 is 10.5 Å². The van der Waals surface area contributed by atoms with Crippen molar-refractivity contribution in [3.8, 4) is 5.75 Å². The van der Waals surface area contributed by atoms with Crippen LogP contribution in [0.25, 0.3) is 10.1 Å². The topological polar surface area (TPSA) is 55.6 Å². The van der Waals surface area contributed by atoms with Gasteiger partial charge in [0.05, 0.1) is 4.88 Å². The number of nitrogens with zero attached hydrogens (tertiary/aromatic N) is 1. The van der Waals surface area contributed by atoms with E-state index in [9.17, 15) is 4.79 Å². The number of thiophene rings is 1. The van der Waals surface area contributed by atoms with Crippen LogP contribution in [0.3, 0.4) is 0 Å². The monoisotopic (exact) mass is 380 g/mol. The number of nitrogens with two attached hydrogens (primary N) is 1. The average molecular weight is 381 g/mol. The maximum Gasteiger partial charge on any atom is 0.259 e. The first kappa shape index (κ1) is 18.0. The number of carbonyl (C=O) groups is 1. The summed E-state index contributed by atoms with van der Waals surface area (Å²) in [5, 5.41) is 1.18. The van der Waals surface area contributed by atoms with Crippen LogP contribution < -0.4 is 10.5 Å². The van der Waals surface area contributed by atoms with Gasteiger partial charge in [0.2, 0.25) is 0 Å². The van der Waals surface area contributed by atoms with Crippen molar-refractivity contribution in [2.75, 3.05) is 26.2 Å². The van der Waals surface area contributed by atoms with Crippen LogP contribution in [0, 0.1) is 6.92 Å². The molecule has 1 fully saturated rings. The normalized spacial score (nSPS) is 17.4. The molecule has 5 heteroatoms. The van der Waals surface area contributed by atoms with E-state index in [2.05, 4.69) is 36.1 Å². The second kappa shape index (κ2) is 7.71. The zero-order chi connectivity index (χ0) is 18.8. The van der Waals surface area contributed by atoms with E-state index in [0.29, 0.717) is 12.5 Å². The number of hydrogen-bond donors (Lipinski definition) is 1. The van der Waals surface area contributed by atoms with Gasteiger partial charge in [0.25, 0.3) is 5.91 Å². The number of fused-ring (bicyclic) bond motifs is 1. The summed E-state index contributed by atoms with van der Waals surface area (Å²) in [6.45, 7) is 5.59. The molecule has 1 aliphatic rings. The van der Waals surface area contributed by atoms with E-state index in [1.54, 1.807) is 0 Å². The molecule has 0 unspecified atom stereocenters. The van der Waals surface area contributed by atoms with Gasteiger partial charge in [-0.1, -0.05) is 35.9 Å². The Balaban J connectivity index is 1.42. The Morgan fingerprint density at radius 3 is 2.78 bits per heavy atom. The van der Waals surface area contributed by atoms with Crippen molar-refractivity contribution in [3.05, 3.63) is 64.5 Å². The Morgan fingerprint density at radius 1 is 1.22 bits per heavy atom. The number of primary amides is 1. The molecule has 2 aromatic carbocycles. The van der Waals surface area contributed by atoms with Crippen LogP contribution in [0.5, 0.6) is 5.75 Å². The Labute approximate surface area is 163 Å². The minimum Gasteiger partial charge on any atom is -0.492 e. The molecular formula is C22H24N2O2S. The van der Waals surface area contributed by atoms with Crippen LogP contribution in [0.4, 0.5) is 0 Å². The molecule has 0 aliphatic carbocycles. The number of rotatable bonds is 6. The van der Waals surface area contributed by atoms with Crippen molar-refractivity contribution in [1.82, 2.24) is 4.90 Å². The lowest BCUT2D eigenvalue weighted by Gasteiger charge is -2.17. The Hall–Kier alpha value is -2.37. The summed E-state index contributed by atoms with van der Waals surface area (Å²) < 4.78 is 7.01. The summed E-state index contributed by atoms with van der Waals surface area (Å²) in [6.07, 6.45) is 1.05. The minimum absolute atomic E-state index is 0.313. The quantitative estimate of drug-likeness (QED) is 0.698. The van der Waals surface area contributed by atoms with Crippen LogP contribution in [-0.2, 0) is 0 Å². The summed E-state index contributed by atoms with van der Waals surface area (Å²) in [5.41, 5.74) is 8.05. The number of ether oxygens (including phenoxy) is 1. The number of carbonyl (C=O) groups excluding carboxylic acids is 1. The summed E-state index contributed by atoms with van der Waals surface area (Å²) >= 11 is 1.52. The van der Waals surface area contributed by atoms with Gasteiger partial charge in [0, 0.05) is 23.7 Å². The minimum atomic E-state index is -0.313. The first-order valence-corrected chi connectivity index (χ1v) is 10.2. The van der Waals surface area contributed by atoms with Crippen molar-refractivity contribution < 1.29 is 9.53 Å². The van der Waals surface area contributed by atoms with Gasteiger partial charge in [-0.05, 0) is 49.0 Å². The van der Waals surface area contributed by atoms with Gasteiger partial charge in [-0.2, -0.15) is 0 Å². The van der Waals surface area contributed by atoms with Crippen LogP contribution in [0.2, 0.25) is 0 Å². The smallest absolute Gasteiger partial charge is 0.259 e. The van der Waals surface area contributed by atoms with Crippen LogP contribution in [0.1, 0.15) is 33.1 Å². The maximum absolute atomic E-state index is 12.0. The largest absolute Gasteiger partial charge is 0.492 e. The molecule has 1 atom stereocenters. The molecule has 0 spiro atoms. The third kappa shape index (κ3) is 3.84. The lowest BCUT2D eigenvalue weighted by molar-refractivity contribution is 0.100. The zero-order valence-corrected chi connectivity index (χ0v) is 16.3. The molecule has 3 aromatic rings. The lowest BCUT2D eigenvalue weighted by Crippen LogP contribution is -2.26. The average Bonchev–Trinajstić information content (AvgIpc) is 3.27. The Bertz CT molecular complexity index is 949. The number of benzene rings is 2.